The van der Waals surface area contributed by atoms with Gasteiger partial charge in [-0.3, -0.25) is 20.7 Å². The summed E-state index contributed by atoms with van der Waals surface area (Å²) in [4.78, 5) is 24.2. The van der Waals surface area contributed by atoms with Gasteiger partial charge in [-0.1, -0.05) is 0 Å². The van der Waals surface area contributed by atoms with Gasteiger partial charge in [-0.05, 0) is 30.7 Å². The third-order valence-electron chi connectivity index (χ3n) is 4.08. The van der Waals surface area contributed by atoms with Gasteiger partial charge < -0.3 is 10.6 Å². The minimum Gasteiger partial charge on any atom is -0.387 e. The van der Waals surface area contributed by atoms with Crippen LogP contribution < -0.4 is 16.0 Å². The number of nitrogens with one attached hydrogen (secondary N) is 4. The number of urea groups is 1. The summed E-state index contributed by atoms with van der Waals surface area (Å²) in [5, 5.41) is 16.7. The number of carbonyl (C=O) groups excluding carboxylic acids is 1. The topological polar surface area (TPSA) is 116 Å². The van der Waals surface area contributed by atoms with Gasteiger partial charge in [0.2, 0.25) is 0 Å². The van der Waals surface area contributed by atoms with Crippen LogP contribution >= 0.6 is 0 Å². The molecule has 148 valence electrons. The van der Waals surface area contributed by atoms with E-state index in [2.05, 4.69) is 30.9 Å². The molecule has 3 aromatic rings. The highest BCUT2D eigenvalue weighted by molar-refractivity contribution is 6.14. The molecule has 0 fully saturated rings. The molecule has 29 heavy (non-hydrogen) atoms. The fraction of sp³-hybridized carbons (Fsp3) is 0.150. The maximum Gasteiger partial charge on any atom is 0.320 e. The molecule has 9 heteroatoms. The number of hydrogen-bond acceptors (Lipinski definition) is 6. The van der Waals surface area contributed by atoms with E-state index in [1.807, 2.05) is 13.0 Å². The molecule has 8 nitrogen and oxygen atoms in total. The number of pyridine rings is 3. The highest BCUT2D eigenvalue weighted by Gasteiger charge is 2.13. The van der Waals surface area contributed by atoms with Gasteiger partial charge in [0.05, 0.1) is 11.9 Å². The zero-order chi connectivity index (χ0) is 20.8. The van der Waals surface area contributed by atoms with Crippen LogP contribution in [0.4, 0.5) is 20.7 Å². The van der Waals surface area contributed by atoms with Gasteiger partial charge in [0.1, 0.15) is 11.6 Å². The highest BCUT2D eigenvalue weighted by Crippen LogP contribution is 2.21. The van der Waals surface area contributed by atoms with Crippen molar-refractivity contribution < 1.29 is 9.18 Å². The van der Waals surface area contributed by atoms with E-state index in [0.717, 1.165) is 17.5 Å². The summed E-state index contributed by atoms with van der Waals surface area (Å²) in [6, 6.07) is 6.03. The van der Waals surface area contributed by atoms with Gasteiger partial charge in [0, 0.05) is 60.8 Å². The molecular formula is C20H20FN7O. The molecule has 0 aliphatic rings. The number of anilines is 2. The predicted molar refractivity (Wildman–Crippen MR) is 109 cm³/mol. The monoisotopic (exact) mass is 393 g/mol. The van der Waals surface area contributed by atoms with Crippen molar-refractivity contribution in [1.29, 1.82) is 5.41 Å². The molecule has 0 radical (unpaired) electrons. The number of amides is 2. The van der Waals surface area contributed by atoms with Gasteiger partial charge in [0.25, 0.3) is 0 Å². The number of halogens is 1. The van der Waals surface area contributed by atoms with Crippen LogP contribution in [0.3, 0.4) is 0 Å². The molecular weight excluding hydrogens is 373 g/mol. The molecule has 0 saturated carbocycles. The lowest BCUT2D eigenvalue weighted by Crippen LogP contribution is -2.28. The molecule has 0 aliphatic carbocycles. The molecule has 0 aromatic carbocycles. The van der Waals surface area contributed by atoms with Crippen molar-refractivity contribution in [3.63, 3.8) is 0 Å². The Morgan fingerprint density at radius 3 is 2.72 bits per heavy atom. The average molecular weight is 393 g/mol. The van der Waals surface area contributed by atoms with Crippen molar-refractivity contribution in [3.8, 4) is 0 Å². The van der Waals surface area contributed by atoms with Crippen LogP contribution in [0.5, 0.6) is 0 Å². The van der Waals surface area contributed by atoms with E-state index in [-0.39, 0.29) is 6.54 Å². The first kappa shape index (κ1) is 19.9. The quantitative estimate of drug-likeness (QED) is 0.480. The Kier molecular flexibility index (Phi) is 6.08. The van der Waals surface area contributed by atoms with E-state index in [4.69, 9.17) is 5.41 Å². The van der Waals surface area contributed by atoms with E-state index < -0.39 is 11.8 Å². The van der Waals surface area contributed by atoms with Gasteiger partial charge in [0.15, 0.2) is 0 Å². The molecule has 3 rings (SSSR count). The third-order valence-corrected chi connectivity index (χ3v) is 4.08. The Hall–Kier alpha value is -3.88. The van der Waals surface area contributed by atoms with Crippen LogP contribution in [0, 0.1) is 18.2 Å². The van der Waals surface area contributed by atoms with Gasteiger partial charge in [-0.15, -0.1) is 0 Å². The van der Waals surface area contributed by atoms with E-state index in [0.29, 0.717) is 28.3 Å². The number of carbonyl (C=O) groups is 1. The lowest BCUT2D eigenvalue weighted by atomic mass is 10.0. The molecule has 0 atom stereocenters. The Morgan fingerprint density at radius 1 is 1.17 bits per heavy atom. The van der Waals surface area contributed by atoms with Crippen molar-refractivity contribution >= 4 is 23.2 Å². The van der Waals surface area contributed by atoms with Crippen molar-refractivity contribution in [2.24, 2.45) is 0 Å². The maximum absolute atomic E-state index is 13.1. The van der Waals surface area contributed by atoms with Crippen molar-refractivity contribution in [2.45, 2.75) is 13.5 Å². The summed E-state index contributed by atoms with van der Waals surface area (Å²) in [7, 11) is 1.73. The molecule has 0 aliphatic heterocycles. The average Bonchev–Trinajstić information content (AvgIpc) is 2.72. The second-order valence-electron chi connectivity index (χ2n) is 6.25. The number of aryl methyl sites for hydroxylation is 1. The first-order chi connectivity index (χ1) is 14.0. The summed E-state index contributed by atoms with van der Waals surface area (Å²) in [5.74, 6) is -0.154. The fourth-order valence-electron chi connectivity index (χ4n) is 2.68. The highest BCUT2D eigenvalue weighted by atomic mass is 19.1. The summed E-state index contributed by atoms with van der Waals surface area (Å²) < 4.78 is 13.1. The first-order valence-electron chi connectivity index (χ1n) is 8.80. The maximum atomic E-state index is 13.1. The van der Waals surface area contributed by atoms with Crippen molar-refractivity contribution in [3.05, 3.63) is 77.3 Å². The molecule has 0 spiro atoms. The van der Waals surface area contributed by atoms with Crippen molar-refractivity contribution in [2.75, 3.05) is 17.7 Å². The lowest BCUT2D eigenvalue weighted by molar-refractivity contribution is 0.251. The molecule has 3 heterocycles. The molecule has 2 amide bonds. The van der Waals surface area contributed by atoms with Crippen LogP contribution in [-0.2, 0) is 6.54 Å². The van der Waals surface area contributed by atoms with Gasteiger partial charge in [-0.2, -0.15) is 0 Å². The van der Waals surface area contributed by atoms with E-state index in [1.54, 1.807) is 25.4 Å². The van der Waals surface area contributed by atoms with Crippen LogP contribution in [0.25, 0.3) is 0 Å². The smallest absolute Gasteiger partial charge is 0.320 e. The molecule has 0 saturated heterocycles. The summed E-state index contributed by atoms with van der Waals surface area (Å²) in [5.41, 5.74) is 3.61. The Balaban J connectivity index is 1.69. The Bertz CT molecular complexity index is 1050. The fourth-order valence-corrected chi connectivity index (χ4v) is 2.68. The van der Waals surface area contributed by atoms with Crippen LogP contribution in [0.1, 0.15) is 22.4 Å². The van der Waals surface area contributed by atoms with Crippen LogP contribution in [0.2, 0.25) is 0 Å². The summed E-state index contributed by atoms with van der Waals surface area (Å²) in [6.45, 7) is 1.99. The zero-order valence-electron chi connectivity index (χ0n) is 16.0. The normalized spacial score (nSPS) is 10.3. The number of aromatic nitrogens is 3. The molecule has 3 aromatic heterocycles. The minimum atomic E-state index is -0.489. The van der Waals surface area contributed by atoms with Gasteiger partial charge in [-0.25, -0.2) is 14.2 Å². The van der Waals surface area contributed by atoms with E-state index >= 15 is 0 Å². The molecule has 0 unspecified atom stereocenters. The minimum absolute atomic E-state index is 0.125. The molecule has 0 bridgehead atoms. The zero-order valence-corrected chi connectivity index (χ0v) is 16.0. The standard InChI is InChI=1S/C20H20FN7O/c1-12-5-14(3-4-25-12)19(22)16-11-26-18(7-17(16)23-2)28-20(29)27-9-13-6-15(21)10-24-8-13/h3-8,10-11,22H,9H2,1-2H3,(H3,23,26,27,28,29). The van der Waals surface area contributed by atoms with Gasteiger partial charge >= 0.3 is 6.03 Å². The summed E-state index contributed by atoms with van der Waals surface area (Å²) >= 11 is 0. The molecule has 4 N–H and O–H groups in total. The largest absolute Gasteiger partial charge is 0.387 e. The lowest BCUT2D eigenvalue weighted by Gasteiger charge is -2.13. The first-order valence-corrected chi connectivity index (χ1v) is 8.80. The van der Waals surface area contributed by atoms with E-state index in [9.17, 15) is 9.18 Å². The number of nitrogens with zero attached hydrogens (tertiary/aromatic N) is 3. The predicted octanol–water partition coefficient (Wildman–Crippen LogP) is 3.10. The number of hydrogen-bond donors (Lipinski definition) is 4. The van der Waals surface area contributed by atoms with Crippen LogP contribution in [-0.4, -0.2) is 33.7 Å². The summed E-state index contributed by atoms with van der Waals surface area (Å²) in [6.07, 6.45) is 5.75. The third kappa shape index (κ3) is 5.10. The second kappa shape index (κ2) is 8.87. The van der Waals surface area contributed by atoms with E-state index in [1.165, 1.54) is 18.5 Å². The number of rotatable bonds is 6. The Labute approximate surface area is 167 Å². The second-order valence-corrected chi connectivity index (χ2v) is 6.25. The Morgan fingerprint density at radius 2 is 2.00 bits per heavy atom. The van der Waals surface area contributed by atoms with Crippen LogP contribution in [0.15, 0.2) is 49.1 Å². The SMILES string of the molecule is CNc1cc(NC(=O)NCc2cncc(F)c2)ncc1C(=N)c1ccnc(C)c1. The van der Waals surface area contributed by atoms with Crippen molar-refractivity contribution in [1.82, 2.24) is 20.3 Å².